The largest absolute Gasteiger partial charge is 0.494 e. The SMILES string of the molecule is CCOc1ccc(N=Cc2ccc(OCc3cccc(F)c3)c(OCC)c2)cc1. The van der Waals surface area contributed by atoms with Crippen LogP contribution in [-0.2, 0) is 6.61 Å². The molecule has 0 saturated heterocycles. The Bertz CT molecular complexity index is 955. The molecule has 0 unspecified atom stereocenters. The number of rotatable bonds is 9. The first-order valence-corrected chi connectivity index (χ1v) is 9.59. The summed E-state index contributed by atoms with van der Waals surface area (Å²) in [6.45, 7) is 5.27. The molecule has 5 heteroatoms. The van der Waals surface area contributed by atoms with Crippen LogP contribution in [0.1, 0.15) is 25.0 Å². The molecule has 0 bridgehead atoms. The molecule has 4 nitrogen and oxygen atoms in total. The fourth-order valence-corrected chi connectivity index (χ4v) is 2.72. The molecule has 0 N–H and O–H groups in total. The molecule has 0 saturated carbocycles. The lowest BCUT2D eigenvalue weighted by molar-refractivity contribution is 0.269. The minimum atomic E-state index is -0.281. The normalized spacial score (nSPS) is 10.9. The van der Waals surface area contributed by atoms with Crippen molar-refractivity contribution in [2.24, 2.45) is 4.99 Å². The monoisotopic (exact) mass is 393 g/mol. The Morgan fingerprint density at radius 1 is 0.828 bits per heavy atom. The Hall–Kier alpha value is -3.34. The van der Waals surface area contributed by atoms with Gasteiger partial charge < -0.3 is 14.2 Å². The molecule has 0 spiro atoms. The van der Waals surface area contributed by atoms with Crippen molar-refractivity contribution < 1.29 is 18.6 Å². The number of ether oxygens (including phenoxy) is 3. The zero-order valence-electron chi connectivity index (χ0n) is 16.6. The van der Waals surface area contributed by atoms with Crippen molar-refractivity contribution in [1.29, 1.82) is 0 Å². The molecule has 3 aromatic carbocycles. The summed E-state index contributed by atoms with van der Waals surface area (Å²) >= 11 is 0. The van der Waals surface area contributed by atoms with Crippen LogP contribution >= 0.6 is 0 Å². The molecule has 0 amide bonds. The Morgan fingerprint density at radius 2 is 1.62 bits per heavy atom. The Labute approximate surface area is 170 Å². The van der Waals surface area contributed by atoms with E-state index in [0.29, 0.717) is 24.7 Å². The van der Waals surface area contributed by atoms with E-state index in [1.54, 1.807) is 12.3 Å². The maximum atomic E-state index is 13.3. The van der Waals surface area contributed by atoms with E-state index in [2.05, 4.69) is 4.99 Å². The van der Waals surface area contributed by atoms with Gasteiger partial charge in [-0.15, -0.1) is 0 Å². The average Bonchev–Trinajstić information content (AvgIpc) is 2.73. The highest BCUT2D eigenvalue weighted by molar-refractivity contribution is 5.83. The smallest absolute Gasteiger partial charge is 0.161 e. The third-order valence-corrected chi connectivity index (χ3v) is 4.06. The standard InChI is InChI=1S/C24H24FNO3/c1-3-27-22-11-9-21(10-12-22)26-16-18-8-13-23(24(15-18)28-4-2)29-17-19-6-5-7-20(25)14-19/h5-16H,3-4,17H2,1-2H3. The van der Waals surface area contributed by atoms with Gasteiger partial charge in [0.05, 0.1) is 18.9 Å². The van der Waals surface area contributed by atoms with Crippen molar-refractivity contribution in [3.05, 3.63) is 83.7 Å². The van der Waals surface area contributed by atoms with E-state index >= 15 is 0 Å². The highest BCUT2D eigenvalue weighted by Crippen LogP contribution is 2.29. The van der Waals surface area contributed by atoms with Crippen LogP contribution in [-0.4, -0.2) is 19.4 Å². The van der Waals surface area contributed by atoms with E-state index in [0.717, 1.165) is 22.6 Å². The second-order valence-corrected chi connectivity index (χ2v) is 6.24. The van der Waals surface area contributed by atoms with Crippen LogP contribution in [0, 0.1) is 5.82 Å². The van der Waals surface area contributed by atoms with Crippen LogP contribution in [0.2, 0.25) is 0 Å². The molecule has 150 valence electrons. The summed E-state index contributed by atoms with van der Waals surface area (Å²) in [7, 11) is 0. The number of aliphatic imine (C=N–C) groups is 1. The summed E-state index contributed by atoms with van der Waals surface area (Å²) in [4.78, 5) is 4.49. The van der Waals surface area contributed by atoms with E-state index in [9.17, 15) is 4.39 Å². The molecule has 3 rings (SSSR count). The Morgan fingerprint density at radius 3 is 2.34 bits per heavy atom. The lowest BCUT2D eigenvalue weighted by atomic mass is 10.2. The van der Waals surface area contributed by atoms with Gasteiger partial charge in [0.1, 0.15) is 18.2 Å². The lowest BCUT2D eigenvalue weighted by Gasteiger charge is -2.12. The van der Waals surface area contributed by atoms with Crippen molar-refractivity contribution in [2.75, 3.05) is 13.2 Å². The van der Waals surface area contributed by atoms with Crippen LogP contribution in [0.5, 0.6) is 17.2 Å². The Balaban J connectivity index is 1.71. The summed E-state index contributed by atoms with van der Waals surface area (Å²) < 4.78 is 30.3. The van der Waals surface area contributed by atoms with Gasteiger partial charge in [0.15, 0.2) is 11.5 Å². The first kappa shape index (κ1) is 20.4. The predicted octanol–water partition coefficient (Wildman–Crippen LogP) is 5.95. The van der Waals surface area contributed by atoms with E-state index in [4.69, 9.17) is 14.2 Å². The number of halogens is 1. The van der Waals surface area contributed by atoms with Crippen molar-refractivity contribution in [1.82, 2.24) is 0 Å². The molecule has 0 aliphatic heterocycles. The summed E-state index contributed by atoms with van der Waals surface area (Å²) in [6, 6.07) is 19.6. The molecular formula is C24H24FNO3. The van der Waals surface area contributed by atoms with Crippen LogP contribution < -0.4 is 14.2 Å². The molecule has 0 atom stereocenters. The second-order valence-electron chi connectivity index (χ2n) is 6.24. The fraction of sp³-hybridized carbons (Fsp3) is 0.208. The molecule has 0 radical (unpaired) electrons. The lowest BCUT2D eigenvalue weighted by Crippen LogP contribution is -2.00. The van der Waals surface area contributed by atoms with Crippen LogP contribution in [0.25, 0.3) is 0 Å². The van der Waals surface area contributed by atoms with Gasteiger partial charge in [-0.2, -0.15) is 0 Å². The van der Waals surface area contributed by atoms with Gasteiger partial charge in [-0.1, -0.05) is 12.1 Å². The molecule has 0 heterocycles. The van der Waals surface area contributed by atoms with Gasteiger partial charge in [0, 0.05) is 6.21 Å². The molecule has 0 aromatic heterocycles. The maximum absolute atomic E-state index is 13.3. The molecular weight excluding hydrogens is 369 g/mol. The van der Waals surface area contributed by atoms with Crippen LogP contribution in [0.4, 0.5) is 10.1 Å². The second kappa shape index (κ2) is 10.3. The minimum Gasteiger partial charge on any atom is -0.494 e. The topological polar surface area (TPSA) is 40.0 Å². The van der Waals surface area contributed by atoms with E-state index in [-0.39, 0.29) is 12.4 Å². The Kier molecular flexibility index (Phi) is 7.22. The molecule has 0 fully saturated rings. The number of benzene rings is 3. The third kappa shape index (κ3) is 6.07. The van der Waals surface area contributed by atoms with Crippen molar-refractivity contribution in [3.8, 4) is 17.2 Å². The zero-order chi connectivity index (χ0) is 20.5. The molecule has 0 aliphatic carbocycles. The predicted molar refractivity (Wildman–Crippen MR) is 113 cm³/mol. The summed E-state index contributed by atoms with van der Waals surface area (Å²) in [5.74, 6) is 1.77. The highest BCUT2D eigenvalue weighted by atomic mass is 19.1. The first-order valence-electron chi connectivity index (χ1n) is 9.59. The summed E-state index contributed by atoms with van der Waals surface area (Å²) in [6.07, 6.45) is 1.77. The summed E-state index contributed by atoms with van der Waals surface area (Å²) in [5, 5.41) is 0. The highest BCUT2D eigenvalue weighted by Gasteiger charge is 2.07. The van der Waals surface area contributed by atoms with Gasteiger partial charge in [-0.25, -0.2) is 4.39 Å². The quantitative estimate of drug-likeness (QED) is 0.422. The van der Waals surface area contributed by atoms with Crippen molar-refractivity contribution >= 4 is 11.9 Å². The average molecular weight is 393 g/mol. The van der Waals surface area contributed by atoms with Crippen LogP contribution in [0.3, 0.4) is 0 Å². The van der Waals surface area contributed by atoms with Gasteiger partial charge in [-0.05, 0) is 79.6 Å². The van der Waals surface area contributed by atoms with E-state index < -0.39 is 0 Å². The fourth-order valence-electron chi connectivity index (χ4n) is 2.72. The number of hydrogen-bond acceptors (Lipinski definition) is 4. The van der Waals surface area contributed by atoms with Gasteiger partial charge in [0.25, 0.3) is 0 Å². The first-order chi connectivity index (χ1) is 14.2. The molecule has 29 heavy (non-hydrogen) atoms. The van der Waals surface area contributed by atoms with Gasteiger partial charge in [0.2, 0.25) is 0 Å². The van der Waals surface area contributed by atoms with Crippen molar-refractivity contribution in [2.45, 2.75) is 20.5 Å². The maximum Gasteiger partial charge on any atom is 0.161 e. The number of nitrogens with zero attached hydrogens (tertiary/aromatic N) is 1. The zero-order valence-corrected chi connectivity index (χ0v) is 16.6. The van der Waals surface area contributed by atoms with Gasteiger partial charge >= 0.3 is 0 Å². The third-order valence-electron chi connectivity index (χ3n) is 4.06. The number of hydrogen-bond donors (Lipinski definition) is 0. The van der Waals surface area contributed by atoms with Crippen molar-refractivity contribution in [3.63, 3.8) is 0 Å². The van der Waals surface area contributed by atoms with E-state index in [1.165, 1.54) is 12.1 Å². The molecule has 3 aromatic rings. The van der Waals surface area contributed by atoms with Crippen LogP contribution in [0.15, 0.2) is 71.7 Å². The molecule has 0 aliphatic rings. The van der Waals surface area contributed by atoms with Gasteiger partial charge in [-0.3, -0.25) is 4.99 Å². The van der Waals surface area contributed by atoms with E-state index in [1.807, 2.05) is 62.4 Å². The minimum absolute atomic E-state index is 0.261. The summed E-state index contributed by atoms with van der Waals surface area (Å²) in [5.41, 5.74) is 2.48.